The number of hydrogen-bond acceptors (Lipinski definition) is 8. The van der Waals surface area contributed by atoms with E-state index >= 15 is 0 Å². The average molecular weight is 552 g/mol. The molecule has 1 aliphatic heterocycles. The van der Waals surface area contributed by atoms with Gasteiger partial charge >= 0.3 is 24.3 Å². The third-order valence-electron chi connectivity index (χ3n) is 4.61. The summed E-state index contributed by atoms with van der Waals surface area (Å²) in [7, 11) is 2.07. The molecule has 0 saturated heterocycles. The van der Waals surface area contributed by atoms with Gasteiger partial charge in [0.15, 0.2) is 0 Å². The number of rotatable bonds is 5. The van der Waals surface area contributed by atoms with Crippen LogP contribution in [0.3, 0.4) is 0 Å². The van der Waals surface area contributed by atoms with Crippen LogP contribution in [-0.4, -0.2) is 72.5 Å². The minimum Gasteiger partial charge on any atom is -0.475 e. The molecule has 1 aliphatic rings. The molecule has 0 radical (unpaired) electrons. The number of hydrogen-bond donors (Lipinski definition) is 2. The van der Waals surface area contributed by atoms with Gasteiger partial charge in [0.25, 0.3) is 0 Å². The molecule has 0 amide bonds. The summed E-state index contributed by atoms with van der Waals surface area (Å²) in [4.78, 5) is 35.6. The number of imidazole rings is 1. The van der Waals surface area contributed by atoms with Crippen LogP contribution in [0.5, 0.6) is 0 Å². The minimum absolute atomic E-state index is 0.742. The lowest BCUT2D eigenvalue weighted by Gasteiger charge is -2.27. The van der Waals surface area contributed by atoms with Crippen molar-refractivity contribution in [2.45, 2.75) is 38.5 Å². The second kappa shape index (κ2) is 12.9. The SMILES string of the molecule is CN(Cc1cn2c(n1)CN(c1ncccn1)CC2)Cc1ccco1.O=C(O)C(F)(F)F.O=C(O)C(F)(F)F. The van der Waals surface area contributed by atoms with E-state index in [1.54, 1.807) is 18.7 Å². The standard InChI is InChI=1S/C17H20N6O.2C2HF3O2/c1-21(12-15-4-2-9-24-15)10-14-11-22-7-8-23(13-16(22)20-14)17-18-5-3-6-19-17;2*3-2(4,5)1(6)7/h2-6,9,11H,7-8,10,12-13H2,1H3;2*(H,6,7). The van der Waals surface area contributed by atoms with E-state index in [9.17, 15) is 26.3 Å². The van der Waals surface area contributed by atoms with Gasteiger partial charge in [0.2, 0.25) is 5.95 Å². The largest absolute Gasteiger partial charge is 0.490 e. The van der Waals surface area contributed by atoms with Gasteiger partial charge in [-0.2, -0.15) is 26.3 Å². The highest BCUT2D eigenvalue weighted by atomic mass is 19.4. The summed E-state index contributed by atoms with van der Waals surface area (Å²) in [6, 6.07) is 5.74. The summed E-state index contributed by atoms with van der Waals surface area (Å²) in [6.07, 6.45) is -2.76. The number of halogens is 6. The van der Waals surface area contributed by atoms with Crippen molar-refractivity contribution < 1.29 is 50.6 Å². The number of nitrogens with zero attached hydrogens (tertiary/aromatic N) is 6. The van der Waals surface area contributed by atoms with Crippen LogP contribution >= 0.6 is 0 Å². The number of carboxylic acids is 2. The quantitative estimate of drug-likeness (QED) is 0.454. The van der Waals surface area contributed by atoms with Crippen LogP contribution in [0, 0.1) is 0 Å². The van der Waals surface area contributed by atoms with Crippen LogP contribution < -0.4 is 4.90 Å². The Hall–Kier alpha value is -4.15. The molecule has 208 valence electrons. The Morgan fingerprint density at radius 1 is 1.00 bits per heavy atom. The van der Waals surface area contributed by atoms with Gasteiger partial charge < -0.3 is 24.1 Å². The second-order valence-corrected chi connectivity index (χ2v) is 7.67. The minimum atomic E-state index is -5.08. The number of alkyl halides is 6. The highest BCUT2D eigenvalue weighted by Gasteiger charge is 2.38. The lowest BCUT2D eigenvalue weighted by Crippen LogP contribution is -2.34. The Labute approximate surface area is 210 Å². The zero-order chi connectivity index (χ0) is 28.5. The highest BCUT2D eigenvalue weighted by molar-refractivity contribution is 5.73. The van der Waals surface area contributed by atoms with Crippen LogP contribution in [0.1, 0.15) is 17.3 Å². The van der Waals surface area contributed by atoms with Crippen molar-refractivity contribution in [2.75, 3.05) is 18.5 Å². The van der Waals surface area contributed by atoms with Gasteiger partial charge in [0, 0.05) is 38.2 Å². The van der Waals surface area contributed by atoms with Crippen molar-refractivity contribution in [3.8, 4) is 0 Å². The summed E-state index contributed by atoms with van der Waals surface area (Å²) in [5.74, 6) is -2.72. The molecule has 0 spiro atoms. The van der Waals surface area contributed by atoms with Crippen LogP contribution in [0.25, 0.3) is 0 Å². The fourth-order valence-electron chi connectivity index (χ4n) is 3.01. The summed E-state index contributed by atoms with van der Waals surface area (Å²) < 4.78 is 71.1. The Balaban J connectivity index is 0.000000301. The first-order chi connectivity index (χ1) is 17.7. The molecule has 4 heterocycles. The Kier molecular flexibility index (Phi) is 10.2. The number of fused-ring (bicyclic) bond motifs is 1. The predicted octanol–water partition coefficient (Wildman–Crippen LogP) is 3.18. The van der Waals surface area contributed by atoms with E-state index in [0.717, 1.165) is 56.0 Å². The summed E-state index contributed by atoms with van der Waals surface area (Å²) in [5, 5.41) is 14.2. The molecular weight excluding hydrogens is 530 g/mol. The maximum Gasteiger partial charge on any atom is 0.490 e. The Bertz CT molecular complexity index is 1140. The third-order valence-corrected chi connectivity index (χ3v) is 4.61. The molecule has 0 bridgehead atoms. The van der Waals surface area contributed by atoms with Gasteiger partial charge in [-0.1, -0.05) is 0 Å². The molecule has 4 rings (SSSR count). The molecule has 0 unspecified atom stereocenters. The van der Waals surface area contributed by atoms with Crippen LogP contribution in [0.2, 0.25) is 0 Å². The maximum atomic E-state index is 10.6. The monoisotopic (exact) mass is 552 g/mol. The molecular formula is C21H22F6N6O5. The van der Waals surface area contributed by atoms with E-state index in [1.165, 1.54) is 0 Å². The van der Waals surface area contributed by atoms with Gasteiger partial charge in [-0.05, 0) is 25.2 Å². The van der Waals surface area contributed by atoms with Gasteiger partial charge in [0.05, 0.1) is 25.0 Å². The third kappa shape index (κ3) is 9.72. The van der Waals surface area contributed by atoms with E-state index in [1.807, 2.05) is 18.2 Å². The van der Waals surface area contributed by atoms with E-state index in [-0.39, 0.29) is 0 Å². The number of aromatic nitrogens is 4. The zero-order valence-corrected chi connectivity index (χ0v) is 19.6. The van der Waals surface area contributed by atoms with Crippen molar-refractivity contribution in [2.24, 2.45) is 0 Å². The molecule has 3 aromatic heterocycles. The Morgan fingerprint density at radius 2 is 1.58 bits per heavy atom. The van der Waals surface area contributed by atoms with E-state index in [4.69, 9.17) is 29.2 Å². The maximum absolute atomic E-state index is 10.6. The van der Waals surface area contributed by atoms with Crippen LogP contribution in [-0.2, 0) is 35.8 Å². The number of furan rings is 1. The molecule has 11 nitrogen and oxygen atoms in total. The lowest BCUT2D eigenvalue weighted by atomic mass is 10.3. The van der Waals surface area contributed by atoms with E-state index in [0.29, 0.717) is 0 Å². The highest BCUT2D eigenvalue weighted by Crippen LogP contribution is 2.18. The summed E-state index contributed by atoms with van der Waals surface area (Å²) in [5.41, 5.74) is 1.08. The molecule has 0 saturated carbocycles. The summed E-state index contributed by atoms with van der Waals surface area (Å²) >= 11 is 0. The molecule has 2 N–H and O–H groups in total. The number of carboxylic acid groups (broad SMARTS) is 2. The average Bonchev–Trinajstić information content (AvgIpc) is 3.47. The van der Waals surface area contributed by atoms with Gasteiger partial charge in [-0.3, -0.25) is 4.90 Å². The number of carbonyl (C=O) groups is 2. The summed E-state index contributed by atoms with van der Waals surface area (Å²) in [6.45, 7) is 4.12. The Morgan fingerprint density at radius 3 is 2.08 bits per heavy atom. The van der Waals surface area contributed by atoms with E-state index < -0.39 is 24.3 Å². The van der Waals surface area contributed by atoms with Crippen molar-refractivity contribution in [1.82, 2.24) is 24.4 Å². The zero-order valence-electron chi connectivity index (χ0n) is 19.6. The van der Waals surface area contributed by atoms with Crippen LogP contribution in [0.4, 0.5) is 32.3 Å². The number of aliphatic carboxylic acids is 2. The second-order valence-electron chi connectivity index (χ2n) is 7.67. The van der Waals surface area contributed by atoms with Crippen LogP contribution in [0.15, 0.2) is 47.5 Å². The lowest BCUT2D eigenvalue weighted by molar-refractivity contribution is -0.193. The van der Waals surface area contributed by atoms with Crippen molar-refractivity contribution >= 4 is 17.9 Å². The van der Waals surface area contributed by atoms with Crippen molar-refractivity contribution in [3.05, 3.63) is 60.3 Å². The van der Waals surface area contributed by atoms with Gasteiger partial charge in [-0.25, -0.2) is 24.5 Å². The number of anilines is 1. The fraction of sp³-hybridized carbons (Fsp3) is 0.381. The molecule has 0 aliphatic carbocycles. The van der Waals surface area contributed by atoms with Gasteiger partial charge in [-0.15, -0.1) is 0 Å². The first kappa shape index (κ1) is 30.1. The molecule has 3 aromatic rings. The smallest absolute Gasteiger partial charge is 0.475 e. The molecule has 17 heteroatoms. The topological polar surface area (TPSA) is 138 Å². The van der Waals surface area contributed by atoms with Crippen molar-refractivity contribution in [3.63, 3.8) is 0 Å². The molecule has 38 heavy (non-hydrogen) atoms. The van der Waals surface area contributed by atoms with Crippen molar-refractivity contribution in [1.29, 1.82) is 0 Å². The molecule has 0 fully saturated rings. The predicted molar refractivity (Wildman–Crippen MR) is 117 cm³/mol. The molecule has 0 atom stereocenters. The fourth-order valence-corrected chi connectivity index (χ4v) is 3.01. The molecule has 0 aromatic carbocycles. The first-order valence-electron chi connectivity index (χ1n) is 10.5. The van der Waals surface area contributed by atoms with E-state index in [2.05, 4.69) is 37.6 Å². The first-order valence-corrected chi connectivity index (χ1v) is 10.5. The van der Waals surface area contributed by atoms with Gasteiger partial charge in [0.1, 0.15) is 11.6 Å². The normalized spacial score (nSPS) is 13.1.